The molecule has 1 aromatic carbocycles. The molecule has 0 spiro atoms. The highest BCUT2D eigenvalue weighted by molar-refractivity contribution is 5.92. The van der Waals surface area contributed by atoms with Crippen LogP contribution < -0.4 is 5.32 Å². The number of carbonyl (C=O) groups is 2. The Bertz CT molecular complexity index is 499. The Morgan fingerprint density at radius 3 is 2.67 bits per heavy atom. The molecule has 2 rings (SSSR count). The Labute approximate surface area is 125 Å². The van der Waals surface area contributed by atoms with Crippen LogP contribution in [0.4, 0.5) is 10.5 Å². The Balaban J connectivity index is 2.04. The molecule has 0 bridgehead atoms. The van der Waals surface area contributed by atoms with Gasteiger partial charge in [-0.25, -0.2) is 9.59 Å². The first-order chi connectivity index (χ1) is 10.1. The SMILES string of the molecule is CCOC(=O)C1CCCCN1C(=O)Nc1ccc(C)cc1. The van der Waals surface area contributed by atoms with E-state index in [4.69, 9.17) is 4.74 Å². The number of likely N-dealkylation sites (tertiary alicyclic amines) is 1. The van der Waals surface area contributed by atoms with E-state index in [9.17, 15) is 9.59 Å². The lowest BCUT2D eigenvalue weighted by Gasteiger charge is -2.33. The van der Waals surface area contributed by atoms with Crippen molar-refractivity contribution < 1.29 is 14.3 Å². The van der Waals surface area contributed by atoms with E-state index in [0.717, 1.165) is 24.1 Å². The number of benzene rings is 1. The Morgan fingerprint density at radius 2 is 2.00 bits per heavy atom. The van der Waals surface area contributed by atoms with Gasteiger partial charge in [0.15, 0.2) is 0 Å². The summed E-state index contributed by atoms with van der Waals surface area (Å²) in [7, 11) is 0. The maximum atomic E-state index is 12.4. The summed E-state index contributed by atoms with van der Waals surface area (Å²) in [4.78, 5) is 25.9. The van der Waals surface area contributed by atoms with Gasteiger partial charge in [-0.05, 0) is 45.2 Å². The first-order valence-electron chi connectivity index (χ1n) is 7.42. The number of hydrogen-bond donors (Lipinski definition) is 1. The van der Waals surface area contributed by atoms with Gasteiger partial charge in [0.2, 0.25) is 0 Å². The van der Waals surface area contributed by atoms with Crippen molar-refractivity contribution in [3.05, 3.63) is 29.8 Å². The van der Waals surface area contributed by atoms with E-state index in [0.29, 0.717) is 19.6 Å². The number of ether oxygens (including phenoxy) is 1. The second kappa shape index (κ2) is 7.11. The largest absolute Gasteiger partial charge is 0.464 e. The first-order valence-corrected chi connectivity index (χ1v) is 7.42. The Kier molecular flexibility index (Phi) is 5.20. The van der Waals surface area contributed by atoms with Crippen LogP contribution in [0.25, 0.3) is 0 Å². The molecule has 1 aliphatic rings. The standard InChI is InChI=1S/C16H22N2O3/c1-3-21-15(19)14-6-4-5-11-18(14)16(20)17-13-9-7-12(2)8-10-13/h7-10,14H,3-6,11H2,1-2H3,(H,17,20). The number of amides is 2. The summed E-state index contributed by atoms with van der Waals surface area (Å²) in [5.41, 5.74) is 1.87. The minimum atomic E-state index is -0.468. The molecule has 1 heterocycles. The van der Waals surface area contributed by atoms with Crippen LogP contribution in [0, 0.1) is 6.92 Å². The molecule has 1 fully saturated rings. The highest BCUT2D eigenvalue weighted by Crippen LogP contribution is 2.20. The smallest absolute Gasteiger partial charge is 0.328 e. The number of esters is 1. The fourth-order valence-electron chi connectivity index (χ4n) is 2.49. The first kappa shape index (κ1) is 15.4. The van der Waals surface area contributed by atoms with E-state index in [1.54, 1.807) is 11.8 Å². The highest BCUT2D eigenvalue weighted by Gasteiger charge is 2.33. The monoisotopic (exact) mass is 290 g/mol. The lowest BCUT2D eigenvalue weighted by molar-refractivity contribution is -0.149. The molecular formula is C16H22N2O3. The molecular weight excluding hydrogens is 268 g/mol. The van der Waals surface area contributed by atoms with Crippen molar-refractivity contribution in [2.24, 2.45) is 0 Å². The van der Waals surface area contributed by atoms with Crippen LogP contribution >= 0.6 is 0 Å². The lowest BCUT2D eigenvalue weighted by Crippen LogP contribution is -2.50. The number of carbonyl (C=O) groups excluding carboxylic acids is 2. The van der Waals surface area contributed by atoms with Gasteiger partial charge in [-0.1, -0.05) is 17.7 Å². The molecule has 2 amide bonds. The number of rotatable bonds is 3. The van der Waals surface area contributed by atoms with Crippen LogP contribution in [0.1, 0.15) is 31.7 Å². The Hall–Kier alpha value is -2.04. The maximum absolute atomic E-state index is 12.4. The number of nitrogens with one attached hydrogen (secondary N) is 1. The average molecular weight is 290 g/mol. The van der Waals surface area contributed by atoms with E-state index in [1.807, 2.05) is 31.2 Å². The van der Waals surface area contributed by atoms with Gasteiger partial charge in [-0.15, -0.1) is 0 Å². The summed E-state index contributed by atoms with van der Waals surface area (Å²) in [5, 5.41) is 2.85. The van der Waals surface area contributed by atoms with Crippen LogP contribution in [0.2, 0.25) is 0 Å². The van der Waals surface area contributed by atoms with Crippen molar-refractivity contribution >= 4 is 17.7 Å². The molecule has 1 aromatic rings. The molecule has 0 aromatic heterocycles. The number of anilines is 1. The number of aryl methyl sites for hydroxylation is 1. The van der Waals surface area contributed by atoms with Gasteiger partial charge in [0.05, 0.1) is 6.61 Å². The Morgan fingerprint density at radius 1 is 1.29 bits per heavy atom. The summed E-state index contributed by atoms with van der Waals surface area (Å²) < 4.78 is 5.07. The summed E-state index contributed by atoms with van der Waals surface area (Å²) in [6, 6.07) is 6.89. The molecule has 1 N–H and O–H groups in total. The van der Waals surface area contributed by atoms with Crippen molar-refractivity contribution in [3.8, 4) is 0 Å². The van der Waals surface area contributed by atoms with E-state index >= 15 is 0 Å². The molecule has 1 saturated heterocycles. The van der Waals surface area contributed by atoms with Gasteiger partial charge in [-0.2, -0.15) is 0 Å². The van der Waals surface area contributed by atoms with Gasteiger partial charge < -0.3 is 15.0 Å². The third kappa shape index (κ3) is 3.97. The van der Waals surface area contributed by atoms with Crippen LogP contribution in [-0.4, -0.2) is 36.1 Å². The minimum absolute atomic E-state index is 0.239. The second-order valence-corrected chi connectivity index (χ2v) is 5.25. The quantitative estimate of drug-likeness (QED) is 0.871. The fourth-order valence-corrected chi connectivity index (χ4v) is 2.49. The summed E-state index contributed by atoms with van der Waals surface area (Å²) in [5.74, 6) is -0.309. The van der Waals surface area contributed by atoms with Gasteiger partial charge in [0.25, 0.3) is 0 Å². The van der Waals surface area contributed by atoms with E-state index in [2.05, 4.69) is 5.32 Å². The molecule has 0 aliphatic carbocycles. The molecule has 5 heteroatoms. The summed E-state index contributed by atoms with van der Waals surface area (Å²) in [6.07, 6.45) is 2.52. The highest BCUT2D eigenvalue weighted by atomic mass is 16.5. The van der Waals surface area contributed by atoms with Crippen molar-refractivity contribution in [2.75, 3.05) is 18.5 Å². The predicted molar refractivity (Wildman–Crippen MR) is 81.2 cm³/mol. The zero-order chi connectivity index (χ0) is 15.2. The van der Waals surface area contributed by atoms with Crippen molar-refractivity contribution in [3.63, 3.8) is 0 Å². The molecule has 114 valence electrons. The third-order valence-electron chi connectivity index (χ3n) is 3.63. The zero-order valence-electron chi connectivity index (χ0n) is 12.6. The molecule has 0 saturated carbocycles. The van der Waals surface area contributed by atoms with Gasteiger partial charge in [0, 0.05) is 12.2 Å². The predicted octanol–water partition coefficient (Wildman–Crippen LogP) is 2.94. The maximum Gasteiger partial charge on any atom is 0.328 e. The van der Waals surface area contributed by atoms with Crippen LogP contribution in [-0.2, 0) is 9.53 Å². The number of hydrogen-bond acceptors (Lipinski definition) is 3. The topological polar surface area (TPSA) is 58.6 Å². The molecule has 21 heavy (non-hydrogen) atoms. The average Bonchev–Trinajstić information content (AvgIpc) is 2.50. The minimum Gasteiger partial charge on any atom is -0.464 e. The summed E-state index contributed by atoms with van der Waals surface area (Å²) >= 11 is 0. The van der Waals surface area contributed by atoms with Crippen molar-refractivity contribution in [2.45, 2.75) is 39.2 Å². The van der Waals surface area contributed by atoms with E-state index in [1.165, 1.54) is 0 Å². The van der Waals surface area contributed by atoms with Crippen molar-refractivity contribution in [1.82, 2.24) is 4.90 Å². The number of nitrogens with zero attached hydrogens (tertiary/aromatic N) is 1. The second-order valence-electron chi connectivity index (χ2n) is 5.25. The molecule has 1 unspecified atom stereocenters. The normalized spacial score (nSPS) is 18.2. The van der Waals surface area contributed by atoms with Gasteiger partial charge in [-0.3, -0.25) is 0 Å². The third-order valence-corrected chi connectivity index (χ3v) is 3.63. The van der Waals surface area contributed by atoms with Crippen LogP contribution in [0.15, 0.2) is 24.3 Å². The zero-order valence-corrected chi connectivity index (χ0v) is 12.6. The lowest BCUT2D eigenvalue weighted by atomic mass is 10.0. The molecule has 5 nitrogen and oxygen atoms in total. The van der Waals surface area contributed by atoms with E-state index in [-0.39, 0.29) is 12.0 Å². The molecule has 1 aliphatic heterocycles. The summed E-state index contributed by atoms with van der Waals surface area (Å²) in [6.45, 7) is 4.69. The number of piperidine rings is 1. The number of urea groups is 1. The van der Waals surface area contributed by atoms with Gasteiger partial charge in [0.1, 0.15) is 6.04 Å². The fraction of sp³-hybridized carbons (Fsp3) is 0.500. The van der Waals surface area contributed by atoms with Crippen LogP contribution in [0.5, 0.6) is 0 Å². The molecule has 1 atom stereocenters. The van der Waals surface area contributed by atoms with Crippen LogP contribution in [0.3, 0.4) is 0 Å². The van der Waals surface area contributed by atoms with E-state index < -0.39 is 6.04 Å². The molecule has 0 radical (unpaired) electrons. The van der Waals surface area contributed by atoms with Crippen molar-refractivity contribution in [1.29, 1.82) is 0 Å². The van der Waals surface area contributed by atoms with Gasteiger partial charge >= 0.3 is 12.0 Å².